The van der Waals surface area contributed by atoms with Gasteiger partial charge in [0.05, 0.1) is 11.3 Å². The van der Waals surface area contributed by atoms with Crippen molar-refractivity contribution in [2.45, 2.75) is 30.1 Å². The molecule has 0 radical (unpaired) electrons. The normalized spacial score (nSPS) is 16.9. The molecule has 0 aliphatic carbocycles. The van der Waals surface area contributed by atoms with Crippen LogP contribution in [0.5, 0.6) is 0 Å². The maximum atomic E-state index is 13.1. The van der Waals surface area contributed by atoms with Gasteiger partial charge < -0.3 is 10.6 Å². The van der Waals surface area contributed by atoms with Crippen molar-refractivity contribution in [2.24, 2.45) is 0 Å². The van der Waals surface area contributed by atoms with Crippen LogP contribution < -0.4 is 15.4 Å². The van der Waals surface area contributed by atoms with Crippen molar-refractivity contribution in [1.29, 1.82) is 0 Å². The number of amides is 1. The highest BCUT2D eigenvalue weighted by atomic mass is 32.2. The summed E-state index contributed by atoms with van der Waals surface area (Å²) in [5.74, 6) is -0.267. The third-order valence-corrected chi connectivity index (χ3v) is 6.93. The Morgan fingerprint density at radius 1 is 0.971 bits per heavy atom. The lowest BCUT2D eigenvalue weighted by molar-refractivity contribution is -0.137. The second-order valence-electron chi connectivity index (χ2n) is 7.87. The first-order chi connectivity index (χ1) is 16.1. The lowest BCUT2D eigenvalue weighted by Gasteiger charge is -2.29. The Kier molecular flexibility index (Phi) is 6.63. The molecule has 1 amide bonds. The first-order valence-corrected chi connectivity index (χ1v) is 12.0. The Hall–Kier alpha value is -3.37. The molecule has 6 nitrogen and oxygen atoms in total. The van der Waals surface area contributed by atoms with Gasteiger partial charge in [-0.05, 0) is 54.3 Å². The molecular formula is C24H22F3N3O3S. The highest BCUT2D eigenvalue weighted by molar-refractivity contribution is 7.89. The molecule has 1 aliphatic heterocycles. The first kappa shape index (κ1) is 23.8. The smallest absolute Gasteiger partial charge is 0.364 e. The van der Waals surface area contributed by atoms with Crippen LogP contribution in [-0.2, 0) is 22.6 Å². The maximum Gasteiger partial charge on any atom is 0.416 e. The molecule has 0 saturated carbocycles. The molecule has 0 saturated heterocycles. The highest BCUT2D eigenvalue weighted by Gasteiger charge is 2.35. The van der Waals surface area contributed by atoms with Crippen molar-refractivity contribution in [1.82, 2.24) is 10.0 Å². The summed E-state index contributed by atoms with van der Waals surface area (Å²) in [7, 11) is -4.03. The number of carbonyl (C=O) groups is 1. The lowest BCUT2D eigenvalue weighted by Crippen LogP contribution is -2.38. The summed E-state index contributed by atoms with van der Waals surface area (Å²) in [5, 5.41) is 5.64. The second kappa shape index (κ2) is 9.47. The third-order valence-electron chi connectivity index (χ3n) is 5.45. The number of anilines is 1. The fraction of sp³-hybridized carbons (Fsp3) is 0.208. The van der Waals surface area contributed by atoms with Crippen LogP contribution in [0.15, 0.2) is 77.7 Å². The van der Waals surface area contributed by atoms with Crippen LogP contribution >= 0.6 is 0 Å². The third kappa shape index (κ3) is 5.40. The van der Waals surface area contributed by atoms with E-state index in [1.165, 1.54) is 5.56 Å². The molecule has 3 N–H and O–H groups in total. The summed E-state index contributed by atoms with van der Waals surface area (Å²) in [6.07, 6.45) is -3.97. The molecule has 34 heavy (non-hydrogen) atoms. The topological polar surface area (TPSA) is 87.3 Å². The van der Waals surface area contributed by atoms with Crippen LogP contribution in [0.2, 0.25) is 0 Å². The fourth-order valence-electron chi connectivity index (χ4n) is 3.68. The molecule has 0 aromatic heterocycles. The number of hydrogen-bond donors (Lipinski definition) is 3. The largest absolute Gasteiger partial charge is 0.416 e. The maximum absolute atomic E-state index is 13.1. The molecule has 0 spiro atoms. The van der Waals surface area contributed by atoms with Crippen molar-refractivity contribution in [3.05, 3.63) is 95.1 Å². The van der Waals surface area contributed by atoms with E-state index in [-0.39, 0.29) is 16.5 Å². The van der Waals surface area contributed by atoms with Crippen molar-refractivity contribution >= 4 is 21.6 Å². The summed E-state index contributed by atoms with van der Waals surface area (Å²) in [5.41, 5.74) is 0.939. The molecule has 3 aromatic rings. The summed E-state index contributed by atoms with van der Waals surface area (Å²) in [6.45, 7) is 0.498. The van der Waals surface area contributed by atoms with Gasteiger partial charge in [-0.15, -0.1) is 0 Å². The Labute approximate surface area is 195 Å². The molecule has 0 unspecified atom stereocenters. The summed E-state index contributed by atoms with van der Waals surface area (Å²) >= 11 is 0. The number of sulfonamides is 1. The minimum Gasteiger partial charge on any atom is -0.364 e. The molecule has 1 aliphatic rings. The Bertz CT molecular complexity index is 1280. The monoisotopic (exact) mass is 489 g/mol. The van der Waals surface area contributed by atoms with Crippen molar-refractivity contribution in [2.75, 3.05) is 11.9 Å². The van der Waals surface area contributed by atoms with Crippen LogP contribution in [0, 0.1) is 0 Å². The zero-order chi connectivity index (χ0) is 24.3. The average molecular weight is 490 g/mol. The zero-order valence-electron chi connectivity index (χ0n) is 17.9. The van der Waals surface area contributed by atoms with Gasteiger partial charge in [-0.2, -0.15) is 17.9 Å². The van der Waals surface area contributed by atoms with E-state index in [4.69, 9.17) is 0 Å². The number of aryl methyl sites for hydroxylation is 1. The van der Waals surface area contributed by atoms with Gasteiger partial charge in [-0.3, -0.25) is 4.79 Å². The number of fused-ring (bicyclic) bond motifs is 1. The quantitative estimate of drug-likeness (QED) is 0.446. The van der Waals surface area contributed by atoms with Gasteiger partial charge in [0.25, 0.3) is 5.91 Å². The fourth-order valence-corrected chi connectivity index (χ4v) is 4.96. The van der Waals surface area contributed by atoms with E-state index in [2.05, 4.69) is 15.4 Å². The Morgan fingerprint density at radius 2 is 1.68 bits per heavy atom. The Morgan fingerprint density at radius 3 is 2.35 bits per heavy atom. The molecule has 10 heteroatoms. The van der Waals surface area contributed by atoms with E-state index in [0.29, 0.717) is 17.7 Å². The molecule has 178 valence electrons. The van der Waals surface area contributed by atoms with E-state index in [1.54, 1.807) is 24.3 Å². The van der Waals surface area contributed by atoms with E-state index in [1.807, 2.05) is 30.3 Å². The van der Waals surface area contributed by atoms with E-state index in [9.17, 15) is 26.4 Å². The van der Waals surface area contributed by atoms with Crippen molar-refractivity contribution < 1.29 is 26.4 Å². The van der Waals surface area contributed by atoms with Crippen LogP contribution in [0.4, 0.5) is 18.9 Å². The molecule has 1 heterocycles. The van der Waals surface area contributed by atoms with Crippen LogP contribution in [-0.4, -0.2) is 20.9 Å². The van der Waals surface area contributed by atoms with Gasteiger partial charge in [0.2, 0.25) is 10.0 Å². The molecule has 0 fully saturated rings. The highest BCUT2D eigenvalue weighted by Crippen LogP contribution is 2.37. The Balaban J connectivity index is 1.41. The SMILES string of the molecule is O=C(NCCCc1ccccc1)c1ccc([C@@H]2Nc3cc(C(F)(F)F)ccc3S(=O)(=O)N2)cc1. The molecule has 0 bridgehead atoms. The van der Waals surface area contributed by atoms with Gasteiger partial charge in [-0.1, -0.05) is 42.5 Å². The minimum absolute atomic E-state index is 0.140. The van der Waals surface area contributed by atoms with Gasteiger partial charge in [-0.25, -0.2) is 8.42 Å². The summed E-state index contributed by atoms with van der Waals surface area (Å²) in [4.78, 5) is 12.1. The number of carbonyl (C=O) groups excluding carboxylic acids is 1. The average Bonchev–Trinajstić information content (AvgIpc) is 2.81. The van der Waals surface area contributed by atoms with Gasteiger partial charge in [0.1, 0.15) is 11.1 Å². The van der Waals surface area contributed by atoms with Crippen LogP contribution in [0.1, 0.15) is 39.6 Å². The molecule has 1 atom stereocenters. The minimum atomic E-state index is -4.60. The summed E-state index contributed by atoms with van der Waals surface area (Å²) < 4.78 is 66.7. The first-order valence-electron chi connectivity index (χ1n) is 10.6. The lowest BCUT2D eigenvalue weighted by atomic mass is 10.1. The number of benzene rings is 3. The van der Waals surface area contributed by atoms with E-state index in [0.717, 1.165) is 31.0 Å². The van der Waals surface area contributed by atoms with Gasteiger partial charge in [0.15, 0.2) is 0 Å². The number of halogens is 3. The second-order valence-corrected chi connectivity index (χ2v) is 9.56. The van der Waals surface area contributed by atoms with Gasteiger partial charge in [0, 0.05) is 12.1 Å². The van der Waals surface area contributed by atoms with E-state index >= 15 is 0 Å². The van der Waals surface area contributed by atoms with Crippen molar-refractivity contribution in [3.63, 3.8) is 0 Å². The number of alkyl halides is 3. The van der Waals surface area contributed by atoms with Crippen LogP contribution in [0.3, 0.4) is 0 Å². The number of nitrogens with one attached hydrogen (secondary N) is 3. The molecule has 4 rings (SSSR count). The molecular weight excluding hydrogens is 467 g/mol. The van der Waals surface area contributed by atoms with E-state index < -0.39 is 27.9 Å². The van der Waals surface area contributed by atoms with Crippen LogP contribution in [0.25, 0.3) is 0 Å². The number of rotatable bonds is 6. The van der Waals surface area contributed by atoms with Gasteiger partial charge >= 0.3 is 6.18 Å². The summed E-state index contributed by atoms with van der Waals surface area (Å²) in [6, 6.07) is 18.5. The zero-order valence-corrected chi connectivity index (χ0v) is 18.7. The predicted molar refractivity (Wildman–Crippen MR) is 122 cm³/mol. The number of hydrogen-bond acceptors (Lipinski definition) is 4. The predicted octanol–water partition coefficient (Wildman–Crippen LogP) is 4.47. The van der Waals surface area contributed by atoms with Crippen molar-refractivity contribution in [3.8, 4) is 0 Å². The standard InChI is InChI=1S/C24H22F3N3O3S/c25-24(26,27)19-12-13-21-20(15-19)29-22(30-34(21,32)33)17-8-10-18(11-9-17)23(31)28-14-4-7-16-5-2-1-3-6-16/h1-3,5-6,8-13,15,22,29-30H,4,7,14H2,(H,28,31)/t22-/m1/s1. The molecule has 3 aromatic carbocycles.